The van der Waals surface area contributed by atoms with Gasteiger partial charge in [0.05, 0.1) is 6.54 Å². The maximum Gasteiger partial charge on any atom is 0.233 e. The molecule has 1 amide bonds. The summed E-state index contributed by atoms with van der Waals surface area (Å²) < 4.78 is 5.48. The Morgan fingerprint density at radius 1 is 1.05 bits per heavy atom. The fourth-order valence-electron chi connectivity index (χ4n) is 1.71. The van der Waals surface area contributed by atoms with Crippen molar-refractivity contribution >= 4 is 6.41 Å². The Morgan fingerprint density at radius 2 is 1.79 bits per heavy atom. The Morgan fingerprint density at radius 3 is 2.53 bits per heavy atom. The number of benzene rings is 2. The molecule has 0 aliphatic heterocycles. The molecule has 0 unspecified atom stereocenters. The number of hydroxylamine groups is 2. The zero-order chi connectivity index (χ0) is 13.5. The van der Waals surface area contributed by atoms with Gasteiger partial charge in [-0.3, -0.25) is 10.0 Å². The summed E-state index contributed by atoms with van der Waals surface area (Å²) in [5.74, 6) is 0.709. The number of carbonyl (C=O) groups is 1. The van der Waals surface area contributed by atoms with Gasteiger partial charge >= 0.3 is 0 Å². The lowest BCUT2D eigenvalue weighted by Gasteiger charge is -2.11. The summed E-state index contributed by atoms with van der Waals surface area (Å²) in [7, 11) is 0. The average molecular weight is 257 g/mol. The van der Waals surface area contributed by atoms with E-state index in [-0.39, 0.29) is 13.2 Å². The molecule has 0 bridgehead atoms. The third-order valence-electron chi connectivity index (χ3n) is 2.65. The van der Waals surface area contributed by atoms with Crippen molar-refractivity contribution in [1.82, 2.24) is 5.06 Å². The Hall–Kier alpha value is -2.33. The third kappa shape index (κ3) is 3.82. The summed E-state index contributed by atoms with van der Waals surface area (Å²) in [6.07, 6.45) is 0.351. The van der Waals surface area contributed by atoms with Crippen LogP contribution in [0.2, 0.25) is 0 Å². The lowest BCUT2D eigenvalue weighted by atomic mass is 10.1. The molecule has 0 heterocycles. The first-order valence-electron chi connectivity index (χ1n) is 5.98. The van der Waals surface area contributed by atoms with Crippen molar-refractivity contribution in [2.45, 2.75) is 0 Å². The van der Waals surface area contributed by atoms with Crippen molar-refractivity contribution in [3.63, 3.8) is 0 Å². The van der Waals surface area contributed by atoms with Gasteiger partial charge < -0.3 is 4.74 Å². The number of amides is 1. The first kappa shape index (κ1) is 13.1. The predicted molar refractivity (Wildman–Crippen MR) is 71.9 cm³/mol. The summed E-state index contributed by atoms with van der Waals surface area (Å²) in [6.45, 7) is 0.381. The number of carbonyl (C=O) groups excluding carboxylic acids is 1. The van der Waals surface area contributed by atoms with Gasteiger partial charge in [-0.15, -0.1) is 0 Å². The molecule has 2 aromatic rings. The number of ether oxygens (including phenoxy) is 1. The molecule has 2 rings (SSSR count). The van der Waals surface area contributed by atoms with Crippen molar-refractivity contribution in [2.75, 3.05) is 13.2 Å². The van der Waals surface area contributed by atoms with E-state index in [1.807, 2.05) is 54.6 Å². The second-order valence-electron chi connectivity index (χ2n) is 4.01. The largest absolute Gasteiger partial charge is 0.492 e. The van der Waals surface area contributed by atoms with E-state index in [1.54, 1.807) is 0 Å². The van der Waals surface area contributed by atoms with E-state index >= 15 is 0 Å². The Bertz CT molecular complexity index is 528. The van der Waals surface area contributed by atoms with Crippen molar-refractivity contribution in [2.24, 2.45) is 0 Å². The minimum Gasteiger partial charge on any atom is -0.492 e. The van der Waals surface area contributed by atoms with Gasteiger partial charge in [0.1, 0.15) is 12.4 Å². The molecule has 0 atom stereocenters. The van der Waals surface area contributed by atoms with Crippen LogP contribution in [0.4, 0.5) is 0 Å². The van der Waals surface area contributed by atoms with Crippen molar-refractivity contribution in [3.8, 4) is 16.9 Å². The van der Waals surface area contributed by atoms with Crippen molar-refractivity contribution in [1.29, 1.82) is 0 Å². The average Bonchev–Trinajstić information content (AvgIpc) is 2.48. The van der Waals surface area contributed by atoms with Crippen LogP contribution in [0, 0.1) is 0 Å². The maximum atomic E-state index is 10.2. The van der Waals surface area contributed by atoms with Crippen LogP contribution in [-0.2, 0) is 4.79 Å². The van der Waals surface area contributed by atoms with Gasteiger partial charge in [-0.1, -0.05) is 42.5 Å². The van der Waals surface area contributed by atoms with Crippen LogP contribution in [0.25, 0.3) is 11.1 Å². The molecular formula is C15H15NO3. The topological polar surface area (TPSA) is 49.8 Å². The zero-order valence-corrected chi connectivity index (χ0v) is 10.4. The smallest absolute Gasteiger partial charge is 0.233 e. The van der Waals surface area contributed by atoms with Gasteiger partial charge in [0, 0.05) is 0 Å². The van der Waals surface area contributed by atoms with Crippen LogP contribution in [0.5, 0.6) is 5.75 Å². The van der Waals surface area contributed by atoms with E-state index in [0.29, 0.717) is 17.2 Å². The second kappa shape index (κ2) is 6.56. The lowest BCUT2D eigenvalue weighted by molar-refractivity contribution is -0.150. The van der Waals surface area contributed by atoms with E-state index in [1.165, 1.54) is 0 Å². The highest BCUT2D eigenvalue weighted by Gasteiger charge is 2.01. The molecule has 0 fully saturated rings. The highest BCUT2D eigenvalue weighted by molar-refractivity contribution is 5.64. The van der Waals surface area contributed by atoms with Crippen LogP contribution in [0.3, 0.4) is 0 Å². The van der Waals surface area contributed by atoms with Crippen molar-refractivity contribution < 1.29 is 14.7 Å². The summed E-state index contributed by atoms with van der Waals surface area (Å²) in [6, 6.07) is 17.7. The molecule has 0 radical (unpaired) electrons. The SMILES string of the molecule is O=CN(O)CCOc1cccc(-c2ccccc2)c1. The van der Waals surface area contributed by atoms with Crippen molar-refractivity contribution in [3.05, 3.63) is 54.6 Å². The summed E-state index contributed by atoms with van der Waals surface area (Å²) in [5, 5.41) is 9.51. The van der Waals surface area contributed by atoms with E-state index in [0.717, 1.165) is 11.1 Å². The molecule has 2 aromatic carbocycles. The maximum absolute atomic E-state index is 10.2. The lowest BCUT2D eigenvalue weighted by Crippen LogP contribution is -2.23. The minimum atomic E-state index is 0.138. The molecule has 0 aromatic heterocycles. The number of hydrogen-bond donors (Lipinski definition) is 1. The van der Waals surface area contributed by atoms with Gasteiger partial charge in [-0.2, -0.15) is 0 Å². The van der Waals surface area contributed by atoms with Crippen LogP contribution in [-0.4, -0.2) is 29.8 Å². The Kier molecular flexibility index (Phi) is 4.53. The second-order valence-corrected chi connectivity index (χ2v) is 4.01. The molecule has 98 valence electrons. The van der Waals surface area contributed by atoms with E-state index in [9.17, 15) is 4.79 Å². The minimum absolute atomic E-state index is 0.138. The van der Waals surface area contributed by atoms with E-state index < -0.39 is 0 Å². The molecule has 19 heavy (non-hydrogen) atoms. The molecular weight excluding hydrogens is 242 g/mol. The van der Waals surface area contributed by atoms with Gasteiger partial charge in [-0.25, -0.2) is 5.06 Å². The fraction of sp³-hybridized carbons (Fsp3) is 0.133. The predicted octanol–water partition coefficient (Wildman–Crippen LogP) is 2.58. The molecule has 0 aliphatic carbocycles. The number of nitrogens with zero attached hydrogens (tertiary/aromatic N) is 1. The van der Waals surface area contributed by atoms with E-state index in [4.69, 9.17) is 9.94 Å². The Balaban J connectivity index is 2.02. The molecule has 0 spiro atoms. The first-order valence-corrected chi connectivity index (χ1v) is 5.98. The quantitative estimate of drug-likeness (QED) is 0.491. The number of rotatable bonds is 6. The molecule has 4 nitrogen and oxygen atoms in total. The molecule has 4 heteroatoms. The van der Waals surface area contributed by atoms with Gasteiger partial charge in [0.25, 0.3) is 0 Å². The number of hydrogen-bond acceptors (Lipinski definition) is 3. The van der Waals surface area contributed by atoms with Crippen LogP contribution in [0.15, 0.2) is 54.6 Å². The highest BCUT2D eigenvalue weighted by Crippen LogP contribution is 2.23. The summed E-state index contributed by atoms with van der Waals surface area (Å²) >= 11 is 0. The highest BCUT2D eigenvalue weighted by atomic mass is 16.5. The van der Waals surface area contributed by atoms with Crippen LogP contribution in [0.1, 0.15) is 0 Å². The normalized spacial score (nSPS) is 9.95. The van der Waals surface area contributed by atoms with E-state index in [2.05, 4.69) is 0 Å². The summed E-state index contributed by atoms with van der Waals surface area (Å²) in [4.78, 5) is 10.2. The molecule has 1 N–H and O–H groups in total. The standard InChI is InChI=1S/C15H15NO3/c17-12-16(18)9-10-19-15-8-4-7-14(11-15)13-5-2-1-3-6-13/h1-8,11-12,18H,9-10H2. The van der Waals surface area contributed by atoms with Crippen LogP contribution >= 0.6 is 0 Å². The van der Waals surface area contributed by atoms with Crippen LogP contribution < -0.4 is 4.74 Å². The summed E-state index contributed by atoms with van der Waals surface area (Å²) in [5.41, 5.74) is 2.18. The first-order chi connectivity index (χ1) is 9.29. The van der Waals surface area contributed by atoms with Gasteiger partial charge in [-0.05, 0) is 23.3 Å². The van der Waals surface area contributed by atoms with Gasteiger partial charge in [0.2, 0.25) is 6.41 Å². The zero-order valence-electron chi connectivity index (χ0n) is 10.4. The fourth-order valence-corrected chi connectivity index (χ4v) is 1.71. The molecule has 0 saturated carbocycles. The van der Waals surface area contributed by atoms with Gasteiger partial charge in [0.15, 0.2) is 0 Å². The third-order valence-corrected chi connectivity index (χ3v) is 2.65. The Labute approximate surface area is 111 Å². The molecule has 0 aliphatic rings. The monoisotopic (exact) mass is 257 g/mol. The molecule has 0 saturated heterocycles.